The van der Waals surface area contributed by atoms with Crippen molar-refractivity contribution in [2.24, 2.45) is 0 Å². The van der Waals surface area contributed by atoms with E-state index in [0.717, 1.165) is 27.5 Å². The van der Waals surface area contributed by atoms with Crippen LogP contribution in [0.15, 0.2) is 58.2 Å². The summed E-state index contributed by atoms with van der Waals surface area (Å²) in [5.74, 6) is 0. The molecule has 0 amide bonds. The van der Waals surface area contributed by atoms with Crippen molar-refractivity contribution < 1.29 is 8.42 Å². The van der Waals surface area contributed by atoms with Crippen molar-refractivity contribution >= 4 is 47.8 Å². The topological polar surface area (TPSA) is 52.0 Å². The van der Waals surface area contributed by atoms with Gasteiger partial charge in [0.2, 0.25) is 0 Å². The van der Waals surface area contributed by atoms with Gasteiger partial charge in [-0.1, -0.05) is 29.3 Å². The molecule has 0 saturated heterocycles. The van der Waals surface area contributed by atoms with Crippen LogP contribution in [-0.4, -0.2) is 17.4 Å². The molecule has 0 fully saturated rings. The molecule has 2 heterocycles. The number of rotatable bonds is 2. The zero-order valence-corrected chi connectivity index (χ0v) is 17.0. The Kier molecular flexibility index (Phi) is 3.93. The van der Waals surface area contributed by atoms with Crippen LogP contribution in [-0.2, 0) is 10.0 Å². The van der Waals surface area contributed by atoms with Crippen molar-refractivity contribution in [3.8, 4) is 0 Å². The SMILES string of the molecule is Cc1ccc(S(=O)(=O)n2c3cc(Br)ncc3c3cc(C)cc(C)c32)cc1. The molecule has 26 heavy (non-hydrogen) atoms. The molecule has 0 radical (unpaired) electrons. The summed E-state index contributed by atoms with van der Waals surface area (Å²) in [6.45, 7) is 5.89. The molecule has 0 unspecified atom stereocenters. The van der Waals surface area contributed by atoms with E-state index in [2.05, 4.69) is 20.9 Å². The molecular weight excluding hydrogens is 412 g/mol. The number of aromatic nitrogens is 2. The van der Waals surface area contributed by atoms with E-state index in [1.165, 1.54) is 3.97 Å². The Morgan fingerprint density at radius 1 is 0.923 bits per heavy atom. The fourth-order valence-corrected chi connectivity index (χ4v) is 5.32. The lowest BCUT2D eigenvalue weighted by Crippen LogP contribution is -2.13. The molecule has 0 spiro atoms. The maximum absolute atomic E-state index is 13.5. The van der Waals surface area contributed by atoms with Crippen molar-refractivity contribution in [2.75, 3.05) is 0 Å². The van der Waals surface area contributed by atoms with Crippen LogP contribution in [0.2, 0.25) is 0 Å². The van der Waals surface area contributed by atoms with E-state index in [-0.39, 0.29) is 4.90 Å². The lowest BCUT2D eigenvalue weighted by atomic mass is 10.1. The van der Waals surface area contributed by atoms with Gasteiger partial charge in [0.05, 0.1) is 15.9 Å². The zero-order chi connectivity index (χ0) is 18.6. The quantitative estimate of drug-likeness (QED) is 0.416. The fourth-order valence-electron chi connectivity index (χ4n) is 3.42. The molecule has 4 nitrogen and oxygen atoms in total. The van der Waals surface area contributed by atoms with Gasteiger partial charge in [0.25, 0.3) is 10.0 Å². The molecule has 2 aromatic heterocycles. The summed E-state index contributed by atoms with van der Waals surface area (Å²) in [5, 5.41) is 1.72. The Bertz CT molecular complexity index is 1270. The molecule has 4 rings (SSSR count). The summed E-state index contributed by atoms with van der Waals surface area (Å²) < 4.78 is 29.1. The molecule has 6 heteroatoms. The molecule has 0 aliphatic heterocycles. The Balaban J connectivity index is 2.20. The maximum atomic E-state index is 13.5. The van der Waals surface area contributed by atoms with Crippen LogP contribution in [0.5, 0.6) is 0 Å². The molecule has 132 valence electrons. The Labute approximate surface area is 160 Å². The van der Waals surface area contributed by atoms with Gasteiger partial charge in [0, 0.05) is 17.0 Å². The molecule has 0 aliphatic carbocycles. The van der Waals surface area contributed by atoms with Crippen LogP contribution in [0.1, 0.15) is 16.7 Å². The second-order valence-electron chi connectivity index (χ2n) is 6.58. The lowest BCUT2D eigenvalue weighted by Gasteiger charge is -2.11. The van der Waals surface area contributed by atoms with Gasteiger partial charge >= 0.3 is 0 Å². The van der Waals surface area contributed by atoms with Crippen molar-refractivity contribution in [3.05, 3.63) is 70.0 Å². The van der Waals surface area contributed by atoms with Gasteiger partial charge in [-0.3, -0.25) is 0 Å². The Hall–Kier alpha value is -2.18. The summed E-state index contributed by atoms with van der Waals surface area (Å²) in [7, 11) is -3.75. The van der Waals surface area contributed by atoms with Gasteiger partial charge in [0.15, 0.2) is 0 Å². The van der Waals surface area contributed by atoms with E-state index in [1.54, 1.807) is 24.4 Å². The maximum Gasteiger partial charge on any atom is 0.268 e. The van der Waals surface area contributed by atoms with Crippen molar-refractivity contribution in [3.63, 3.8) is 0 Å². The highest BCUT2D eigenvalue weighted by molar-refractivity contribution is 9.10. The van der Waals surface area contributed by atoms with Crippen LogP contribution in [0, 0.1) is 20.8 Å². The van der Waals surface area contributed by atoms with E-state index in [1.807, 2.05) is 45.0 Å². The molecule has 0 atom stereocenters. The summed E-state index contributed by atoms with van der Waals surface area (Å²) >= 11 is 3.37. The number of aryl methyl sites for hydroxylation is 3. The summed E-state index contributed by atoms with van der Waals surface area (Å²) in [6.07, 6.45) is 1.72. The van der Waals surface area contributed by atoms with E-state index in [9.17, 15) is 8.42 Å². The monoisotopic (exact) mass is 428 g/mol. The third-order valence-electron chi connectivity index (χ3n) is 4.56. The van der Waals surface area contributed by atoms with Crippen molar-refractivity contribution in [1.29, 1.82) is 0 Å². The minimum Gasteiger partial charge on any atom is -0.249 e. The highest BCUT2D eigenvalue weighted by atomic mass is 79.9. The van der Waals surface area contributed by atoms with E-state index >= 15 is 0 Å². The fraction of sp³-hybridized carbons (Fsp3) is 0.150. The van der Waals surface area contributed by atoms with Crippen molar-refractivity contribution in [1.82, 2.24) is 8.96 Å². The molecule has 0 N–H and O–H groups in total. The van der Waals surface area contributed by atoms with Gasteiger partial charge < -0.3 is 0 Å². The van der Waals surface area contributed by atoms with Gasteiger partial charge in [-0.15, -0.1) is 0 Å². The third-order valence-corrected chi connectivity index (χ3v) is 6.73. The molecule has 0 saturated carbocycles. The average Bonchev–Trinajstić information content (AvgIpc) is 2.89. The molecule has 0 bridgehead atoms. The van der Waals surface area contributed by atoms with Crippen LogP contribution >= 0.6 is 15.9 Å². The highest BCUT2D eigenvalue weighted by Crippen LogP contribution is 2.35. The molecular formula is C20H17BrN2O2S. The molecule has 0 aliphatic rings. The first-order valence-corrected chi connectivity index (χ1v) is 10.4. The van der Waals surface area contributed by atoms with Crippen LogP contribution < -0.4 is 0 Å². The average molecular weight is 429 g/mol. The van der Waals surface area contributed by atoms with Gasteiger partial charge in [0.1, 0.15) is 4.60 Å². The highest BCUT2D eigenvalue weighted by Gasteiger charge is 2.24. The third kappa shape index (κ3) is 2.56. The summed E-state index contributed by atoms with van der Waals surface area (Å²) in [6, 6.07) is 12.7. The first-order chi connectivity index (χ1) is 12.3. The van der Waals surface area contributed by atoms with E-state index in [4.69, 9.17) is 0 Å². The van der Waals surface area contributed by atoms with Crippen LogP contribution in [0.25, 0.3) is 21.8 Å². The smallest absolute Gasteiger partial charge is 0.249 e. The largest absolute Gasteiger partial charge is 0.268 e. The van der Waals surface area contributed by atoms with E-state index in [0.29, 0.717) is 15.6 Å². The van der Waals surface area contributed by atoms with Gasteiger partial charge in [-0.2, -0.15) is 0 Å². The minimum absolute atomic E-state index is 0.273. The number of hydrogen-bond acceptors (Lipinski definition) is 3. The number of fused-ring (bicyclic) bond motifs is 3. The predicted octanol–water partition coefficient (Wildman–Crippen LogP) is 5.11. The van der Waals surface area contributed by atoms with Crippen LogP contribution in [0.4, 0.5) is 0 Å². The second kappa shape index (κ2) is 5.93. The van der Waals surface area contributed by atoms with E-state index < -0.39 is 10.0 Å². The summed E-state index contributed by atoms with van der Waals surface area (Å²) in [4.78, 5) is 4.58. The number of halogens is 1. The summed E-state index contributed by atoms with van der Waals surface area (Å²) in [5.41, 5.74) is 4.35. The van der Waals surface area contributed by atoms with Gasteiger partial charge in [-0.25, -0.2) is 17.4 Å². The van der Waals surface area contributed by atoms with Gasteiger partial charge in [-0.05, 0) is 66.5 Å². The number of nitrogens with zero attached hydrogens (tertiary/aromatic N) is 2. The predicted molar refractivity (Wildman–Crippen MR) is 108 cm³/mol. The first kappa shape index (κ1) is 17.2. The molecule has 4 aromatic rings. The lowest BCUT2D eigenvalue weighted by molar-refractivity contribution is 0.590. The first-order valence-electron chi connectivity index (χ1n) is 8.18. The number of hydrogen-bond donors (Lipinski definition) is 0. The Morgan fingerprint density at radius 3 is 2.31 bits per heavy atom. The number of pyridine rings is 1. The minimum atomic E-state index is -3.75. The normalized spacial score (nSPS) is 12.2. The zero-order valence-electron chi connectivity index (χ0n) is 14.6. The standard InChI is InChI=1S/C20H17BrN2O2S/c1-12-4-6-15(7-5-12)26(24,25)23-18-10-19(21)22-11-17(18)16-9-13(2)8-14(3)20(16)23/h4-11H,1-3H3. The number of benzene rings is 2. The second-order valence-corrected chi connectivity index (χ2v) is 9.18. The Morgan fingerprint density at radius 2 is 1.62 bits per heavy atom. The van der Waals surface area contributed by atoms with Crippen LogP contribution in [0.3, 0.4) is 0 Å². The van der Waals surface area contributed by atoms with Crippen molar-refractivity contribution in [2.45, 2.75) is 25.7 Å². The molecule has 2 aromatic carbocycles.